The Morgan fingerprint density at radius 2 is 2.14 bits per heavy atom. The third-order valence-electron chi connectivity index (χ3n) is 3.00. The second-order valence-electron chi connectivity index (χ2n) is 4.52. The highest BCUT2D eigenvalue weighted by Crippen LogP contribution is 2.27. The summed E-state index contributed by atoms with van der Waals surface area (Å²) in [5.41, 5.74) is 0. The molecular formula is C13H13Cl2NO5. The number of carboxylic acid groups (broad SMARTS) is 1. The first kappa shape index (κ1) is 15.9. The molecule has 1 amide bonds. The summed E-state index contributed by atoms with van der Waals surface area (Å²) in [5.74, 6) is -1.91. The summed E-state index contributed by atoms with van der Waals surface area (Å²) in [5, 5.41) is 12.3. The zero-order valence-electron chi connectivity index (χ0n) is 10.8. The average Bonchev–Trinajstić information content (AvgIpc) is 2.88. The molecule has 2 N–H and O–H groups in total. The van der Waals surface area contributed by atoms with Gasteiger partial charge >= 0.3 is 5.97 Å². The van der Waals surface area contributed by atoms with E-state index in [1.807, 2.05) is 0 Å². The zero-order valence-corrected chi connectivity index (χ0v) is 12.4. The van der Waals surface area contributed by atoms with Crippen LogP contribution in [0, 0.1) is 5.92 Å². The molecule has 1 fully saturated rings. The minimum Gasteiger partial charge on any atom is -0.482 e. The zero-order chi connectivity index (χ0) is 15.4. The molecule has 0 bridgehead atoms. The van der Waals surface area contributed by atoms with Gasteiger partial charge in [-0.3, -0.25) is 9.59 Å². The quantitative estimate of drug-likeness (QED) is 0.854. The number of amides is 1. The molecule has 0 aromatic heterocycles. The number of hydrogen-bond acceptors (Lipinski definition) is 4. The molecule has 1 heterocycles. The number of carbonyl (C=O) groups is 2. The van der Waals surface area contributed by atoms with Crippen molar-refractivity contribution in [2.75, 3.05) is 19.8 Å². The highest BCUT2D eigenvalue weighted by Gasteiger charge is 2.35. The number of carboxylic acids is 1. The van der Waals surface area contributed by atoms with Gasteiger partial charge in [0.15, 0.2) is 6.61 Å². The van der Waals surface area contributed by atoms with Crippen LogP contribution in [0.1, 0.15) is 0 Å². The Morgan fingerprint density at radius 3 is 2.86 bits per heavy atom. The van der Waals surface area contributed by atoms with Gasteiger partial charge in [-0.1, -0.05) is 23.2 Å². The fourth-order valence-electron chi connectivity index (χ4n) is 1.92. The van der Waals surface area contributed by atoms with Crippen molar-refractivity contribution in [2.24, 2.45) is 5.92 Å². The van der Waals surface area contributed by atoms with Gasteiger partial charge in [0, 0.05) is 11.1 Å². The van der Waals surface area contributed by atoms with E-state index in [0.717, 1.165) is 0 Å². The Morgan fingerprint density at radius 1 is 1.38 bits per heavy atom. The first-order valence-corrected chi connectivity index (χ1v) is 6.90. The van der Waals surface area contributed by atoms with Gasteiger partial charge < -0.3 is 19.9 Å². The van der Waals surface area contributed by atoms with E-state index in [-0.39, 0.29) is 25.6 Å². The minimum atomic E-state index is -1.00. The number of rotatable bonds is 5. The SMILES string of the molecule is O=C(COc1cc(Cl)ccc1Cl)NC1COCC1C(=O)O. The van der Waals surface area contributed by atoms with Crippen molar-refractivity contribution >= 4 is 35.1 Å². The first-order chi connectivity index (χ1) is 9.97. The summed E-state index contributed by atoms with van der Waals surface area (Å²) in [6.07, 6.45) is 0. The molecule has 8 heteroatoms. The van der Waals surface area contributed by atoms with Crippen LogP contribution in [-0.4, -0.2) is 42.8 Å². The van der Waals surface area contributed by atoms with Gasteiger partial charge in [0.05, 0.1) is 24.3 Å². The van der Waals surface area contributed by atoms with Gasteiger partial charge in [0.1, 0.15) is 11.7 Å². The summed E-state index contributed by atoms with van der Waals surface area (Å²) in [6, 6.07) is 4.09. The molecule has 1 aliphatic rings. The van der Waals surface area contributed by atoms with Crippen molar-refractivity contribution in [1.29, 1.82) is 0 Å². The molecule has 0 radical (unpaired) electrons. The molecule has 0 spiro atoms. The molecule has 1 aliphatic heterocycles. The van der Waals surface area contributed by atoms with Gasteiger partial charge in [0.25, 0.3) is 5.91 Å². The molecule has 2 atom stereocenters. The lowest BCUT2D eigenvalue weighted by Gasteiger charge is -2.16. The Balaban J connectivity index is 1.87. The Hall–Kier alpha value is -1.50. The summed E-state index contributed by atoms with van der Waals surface area (Å²) in [4.78, 5) is 22.7. The summed E-state index contributed by atoms with van der Waals surface area (Å²) >= 11 is 11.7. The van der Waals surface area contributed by atoms with Crippen molar-refractivity contribution < 1.29 is 24.2 Å². The monoisotopic (exact) mass is 333 g/mol. The lowest BCUT2D eigenvalue weighted by Crippen LogP contribution is -2.44. The highest BCUT2D eigenvalue weighted by molar-refractivity contribution is 6.34. The molecule has 1 aromatic rings. The number of carbonyl (C=O) groups excluding carboxylic acids is 1. The van der Waals surface area contributed by atoms with Gasteiger partial charge in [0.2, 0.25) is 0 Å². The predicted octanol–water partition coefficient (Wildman–Crippen LogP) is 1.59. The van der Waals surface area contributed by atoms with Crippen molar-refractivity contribution in [1.82, 2.24) is 5.32 Å². The lowest BCUT2D eigenvalue weighted by molar-refractivity contribution is -0.142. The van der Waals surface area contributed by atoms with Crippen LogP contribution in [0.15, 0.2) is 18.2 Å². The molecule has 0 saturated carbocycles. The molecule has 6 nitrogen and oxygen atoms in total. The van der Waals surface area contributed by atoms with Crippen LogP contribution in [-0.2, 0) is 14.3 Å². The van der Waals surface area contributed by atoms with E-state index < -0.39 is 23.8 Å². The van der Waals surface area contributed by atoms with Crippen LogP contribution in [0.5, 0.6) is 5.75 Å². The molecular weight excluding hydrogens is 321 g/mol. The second kappa shape index (κ2) is 6.98. The topological polar surface area (TPSA) is 84.9 Å². The van der Waals surface area contributed by atoms with Crippen LogP contribution in [0.2, 0.25) is 10.0 Å². The fraction of sp³-hybridized carbons (Fsp3) is 0.385. The van der Waals surface area contributed by atoms with E-state index in [9.17, 15) is 9.59 Å². The molecule has 114 valence electrons. The van der Waals surface area contributed by atoms with Crippen molar-refractivity contribution in [2.45, 2.75) is 6.04 Å². The van der Waals surface area contributed by atoms with E-state index in [2.05, 4.69) is 5.32 Å². The molecule has 2 rings (SSSR count). The first-order valence-electron chi connectivity index (χ1n) is 6.15. The number of nitrogens with one attached hydrogen (secondary N) is 1. The van der Waals surface area contributed by atoms with Crippen LogP contribution in [0.3, 0.4) is 0 Å². The third-order valence-corrected chi connectivity index (χ3v) is 3.54. The van der Waals surface area contributed by atoms with E-state index in [1.54, 1.807) is 12.1 Å². The highest BCUT2D eigenvalue weighted by atomic mass is 35.5. The van der Waals surface area contributed by atoms with E-state index in [0.29, 0.717) is 10.0 Å². The standard InChI is InChI=1S/C13H13Cl2NO5/c14-7-1-2-9(15)11(3-7)21-6-12(17)16-10-5-20-4-8(10)13(18)19/h1-3,8,10H,4-6H2,(H,16,17)(H,18,19). The van der Waals surface area contributed by atoms with Crippen molar-refractivity contribution in [3.05, 3.63) is 28.2 Å². The summed E-state index contributed by atoms with van der Waals surface area (Å²) in [7, 11) is 0. The Labute approximate surface area is 130 Å². The predicted molar refractivity (Wildman–Crippen MR) is 75.8 cm³/mol. The van der Waals surface area contributed by atoms with Crippen molar-refractivity contribution in [3.63, 3.8) is 0 Å². The maximum atomic E-state index is 11.8. The van der Waals surface area contributed by atoms with Gasteiger partial charge in [-0.25, -0.2) is 0 Å². The molecule has 1 saturated heterocycles. The van der Waals surface area contributed by atoms with E-state index in [1.165, 1.54) is 6.07 Å². The van der Waals surface area contributed by atoms with E-state index >= 15 is 0 Å². The minimum absolute atomic E-state index is 0.0846. The van der Waals surface area contributed by atoms with Crippen LogP contribution in [0.25, 0.3) is 0 Å². The third kappa shape index (κ3) is 4.23. The van der Waals surface area contributed by atoms with Crippen molar-refractivity contribution in [3.8, 4) is 5.75 Å². The fourth-order valence-corrected chi connectivity index (χ4v) is 2.25. The lowest BCUT2D eigenvalue weighted by atomic mass is 10.0. The molecule has 1 aromatic carbocycles. The van der Waals surface area contributed by atoms with Gasteiger partial charge in [-0.15, -0.1) is 0 Å². The number of ether oxygens (including phenoxy) is 2. The normalized spacial score (nSPS) is 21.0. The largest absolute Gasteiger partial charge is 0.482 e. The number of halogens is 2. The second-order valence-corrected chi connectivity index (χ2v) is 5.36. The Kier molecular flexibility index (Phi) is 5.27. The summed E-state index contributed by atoms with van der Waals surface area (Å²) < 4.78 is 10.3. The van der Waals surface area contributed by atoms with Crippen LogP contribution in [0.4, 0.5) is 0 Å². The summed E-state index contributed by atoms with van der Waals surface area (Å²) in [6.45, 7) is -0.0369. The van der Waals surface area contributed by atoms with Crippen LogP contribution < -0.4 is 10.1 Å². The number of hydrogen-bond donors (Lipinski definition) is 2. The number of benzene rings is 1. The smallest absolute Gasteiger partial charge is 0.311 e. The maximum absolute atomic E-state index is 11.8. The molecule has 2 unspecified atom stereocenters. The molecule has 0 aliphatic carbocycles. The maximum Gasteiger partial charge on any atom is 0.311 e. The van der Waals surface area contributed by atoms with Gasteiger partial charge in [-0.2, -0.15) is 0 Å². The average molecular weight is 334 g/mol. The Bertz CT molecular complexity index is 551. The number of aliphatic carboxylic acids is 1. The van der Waals surface area contributed by atoms with Crippen LogP contribution >= 0.6 is 23.2 Å². The van der Waals surface area contributed by atoms with Gasteiger partial charge in [-0.05, 0) is 12.1 Å². The van der Waals surface area contributed by atoms with E-state index in [4.69, 9.17) is 37.8 Å². The molecule has 21 heavy (non-hydrogen) atoms.